The summed E-state index contributed by atoms with van der Waals surface area (Å²) in [6.07, 6.45) is 1.62. The first-order valence-corrected chi connectivity index (χ1v) is 9.43. The van der Waals surface area contributed by atoms with E-state index in [-0.39, 0.29) is 11.8 Å². The van der Waals surface area contributed by atoms with Crippen LogP contribution >= 0.6 is 0 Å². The van der Waals surface area contributed by atoms with Crippen molar-refractivity contribution < 1.29 is 19.1 Å². The maximum absolute atomic E-state index is 13.2. The molecule has 0 aliphatic heterocycles. The van der Waals surface area contributed by atoms with Gasteiger partial charge in [-0.2, -0.15) is 0 Å². The molecule has 0 unspecified atom stereocenters. The molecule has 3 rings (SSSR count). The van der Waals surface area contributed by atoms with Crippen molar-refractivity contribution in [2.45, 2.75) is 33.2 Å². The zero-order valence-electron chi connectivity index (χ0n) is 16.5. The van der Waals surface area contributed by atoms with Crippen molar-refractivity contribution in [3.63, 3.8) is 0 Å². The highest BCUT2D eigenvalue weighted by molar-refractivity contribution is 6.17. The third-order valence-corrected chi connectivity index (χ3v) is 4.87. The topological polar surface area (TPSA) is 57.5 Å². The van der Waals surface area contributed by atoms with Crippen LogP contribution in [0.3, 0.4) is 0 Å². The van der Waals surface area contributed by atoms with Gasteiger partial charge in [-0.15, -0.1) is 0 Å². The molecule has 2 aromatic carbocycles. The van der Waals surface area contributed by atoms with Crippen molar-refractivity contribution in [2.24, 2.45) is 0 Å². The van der Waals surface area contributed by atoms with Crippen LogP contribution in [0.2, 0.25) is 0 Å². The molecule has 146 valence electrons. The van der Waals surface area contributed by atoms with Gasteiger partial charge in [0.05, 0.1) is 19.3 Å². The Kier molecular flexibility index (Phi) is 6.14. The summed E-state index contributed by atoms with van der Waals surface area (Å²) in [5.74, 6) is 0.474. The summed E-state index contributed by atoms with van der Waals surface area (Å²) in [4.78, 5) is 24.1. The van der Waals surface area contributed by atoms with E-state index in [1.54, 1.807) is 7.11 Å². The number of rotatable bonds is 8. The van der Waals surface area contributed by atoms with Crippen molar-refractivity contribution in [3.05, 3.63) is 65.4 Å². The van der Waals surface area contributed by atoms with Gasteiger partial charge >= 0.3 is 5.97 Å². The van der Waals surface area contributed by atoms with Crippen LogP contribution < -0.4 is 4.74 Å². The number of ketones is 1. The molecule has 0 bridgehead atoms. The zero-order chi connectivity index (χ0) is 20.1. The number of aromatic nitrogens is 1. The highest BCUT2D eigenvalue weighted by Crippen LogP contribution is 2.31. The molecule has 1 aromatic heterocycles. The molecule has 28 heavy (non-hydrogen) atoms. The number of aryl methyl sites for hydroxylation is 1. The molecule has 0 radical (unpaired) electrons. The number of benzene rings is 2. The van der Waals surface area contributed by atoms with Crippen molar-refractivity contribution in [3.8, 4) is 5.75 Å². The van der Waals surface area contributed by atoms with Crippen LogP contribution in [-0.2, 0) is 16.1 Å². The van der Waals surface area contributed by atoms with Crippen molar-refractivity contribution >= 4 is 22.7 Å². The smallest absolute Gasteiger partial charge is 0.302 e. The van der Waals surface area contributed by atoms with Crippen LogP contribution in [0, 0.1) is 6.92 Å². The van der Waals surface area contributed by atoms with E-state index in [0.29, 0.717) is 17.7 Å². The van der Waals surface area contributed by atoms with Crippen molar-refractivity contribution in [1.29, 1.82) is 0 Å². The predicted molar refractivity (Wildman–Crippen MR) is 109 cm³/mol. The number of hydrogen-bond acceptors (Lipinski definition) is 4. The summed E-state index contributed by atoms with van der Waals surface area (Å²) in [7, 11) is 1.62. The van der Waals surface area contributed by atoms with Crippen LogP contribution in [-0.4, -0.2) is 30.0 Å². The molecule has 1 heterocycles. The van der Waals surface area contributed by atoms with Gasteiger partial charge in [0, 0.05) is 35.6 Å². The van der Waals surface area contributed by atoms with E-state index < -0.39 is 0 Å². The van der Waals surface area contributed by atoms with Gasteiger partial charge in [0.2, 0.25) is 0 Å². The molecule has 3 aromatic rings. The third kappa shape index (κ3) is 4.09. The summed E-state index contributed by atoms with van der Waals surface area (Å²) in [5.41, 5.74) is 3.32. The van der Waals surface area contributed by atoms with Crippen LogP contribution in [0.5, 0.6) is 5.75 Å². The molecule has 0 saturated heterocycles. The number of fused-ring (bicyclic) bond motifs is 1. The van der Waals surface area contributed by atoms with E-state index in [2.05, 4.69) is 4.57 Å². The van der Waals surface area contributed by atoms with E-state index in [1.807, 2.05) is 55.5 Å². The first kappa shape index (κ1) is 19.7. The Bertz CT molecular complexity index is 989. The highest BCUT2D eigenvalue weighted by Gasteiger charge is 2.21. The Hall–Kier alpha value is -3.08. The lowest BCUT2D eigenvalue weighted by molar-refractivity contribution is -0.141. The highest BCUT2D eigenvalue weighted by atomic mass is 16.5. The zero-order valence-corrected chi connectivity index (χ0v) is 16.5. The maximum atomic E-state index is 13.2. The Labute approximate surface area is 164 Å². The van der Waals surface area contributed by atoms with E-state index in [1.165, 1.54) is 6.92 Å². The number of hydrogen-bond donors (Lipinski definition) is 0. The summed E-state index contributed by atoms with van der Waals surface area (Å²) < 4.78 is 12.6. The first-order chi connectivity index (χ1) is 13.5. The Balaban J connectivity index is 1.97. The Morgan fingerprint density at radius 1 is 1.04 bits per heavy atom. The molecule has 5 heteroatoms. The lowest BCUT2D eigenvalue weighted by atomic mass is 10.0. The second-order valence-electron chi connectivity index (χ2n) is 6.74. The second kappa shape index (κ2) is 8.74. The standard InChI is InChI=1S/C23H25NO4/c1-16-22(23(26)18-9-5-4-6-10-18)20-15-19(27-3)11-12-21(20)24(16)13-7-8-14-28-17(2)25/h4-6,9-12,15H,7-8,13-14H2,1-3H3. The van der Waals surface area contributed by atoms with Gasteiger partial charge in [0.25, 0.3) is 0 Å². The maximum Gasteiger partial charge on any atom is 0.302 e. The predicted octanol–water partition coefficient (Wildman–Crippen LogP) is 4.53. The fourth-order valence-electron chi connectivity index (χ4n) is 3.48. The van der Waals surface area contributed by atoms with E-state index in [4.69, 9.17) is 9.47 Å². The molecular formula is C23H25NO4. The summed E-state index contributed by atoms with van der Waals surface area (Å²) >= 11 is 0. The van der Waals surface area contributed by atoms with Gasteiger partial charge in [-0.05, 0) is 38.0 Å². The van der Waals surface area contributed by atoms with E-state index in [9.17, 15) is 9.59 Å². The van der Waals surface area contributed by atoms with Gasteiger partial charge in [0.15, 0.2) is 5.78 Å². The lowest BCUT2D eigenvalue weighted by Crippen LogP contribution is -2.07. The molecule has 0 fully saturated rings. The fourth-order valence-corrected chi connectivity index (χ4v) is 3.48. The molecule has 0 N–H and O–H groups in total. The average Bonchev–Trinajstić information content (AvgIpc) is 2.98. The van der Waals surface area contributed by atoms with Crippen molar-refractivity contribution in [2.75, 3.05) is 13.7 Å². The molecular weight excluding hydrogens is 354 g/mol. The van der Waals surface area contributed by atoms with Crippen molar-refractivity contribution in [1.82, 2.24) is 4.57 Å². The molecule has 0 amide bonds. The van der Waals surface area contributed by atoms with Crippen LogP contribution in [0.4, 0.5) is 0 Å². The number of esters is 1. The second-order valence-corrected chi connectivity index (χ2v) is 6.74. The molecule has 0 saturated carbocycles. The van der Waals surface area contributed by atoms with Gasteiger partial charge in [0.1, 0.15) is 5.75 Å². The van der Waals surface area contributed by atoms with Gasteiger partial charge in [-0.25, -0.2) is 0 Å². The van der Waals surface area contributed by atoms with E-state index in [0.717, 1.165) is 41.7 Å². The lowest BCUT2D eigenvalue weighted by Gasteiger charge is -2.09. The summed E-state index contributed by atoms with van der Waals surface area (Å²) in [6.45, 7) is 4.56. The number of nitrogens with zero attached hydrogens (tertiary/aromatic N) is 1. The normalized spacial score (nSPS) is 10.8. The molecule has 0 aliphatic rings. The molecule has 0 aliphatic carbocycles. The van der Waals surface area contributed by atoms with Gasteiger partial charge in [-0.1, -0.05) is 30.3 Å². The molecule has 5 nitrogen and oxygen atoms in total. The molecule has 0 atom stereocenters. The van der Waals surface area contributed by atoms with Crippen LogP contribution in [0.1, 0.15) is 41.4 Å². The van der Waals surface area contributed by atoms with Crippen LogP contribution in [0.25, 0.3) is 10.9 Å². The largest absolute Gasteiger partial charge is 0.497 e. The number of methoxy groups -OCH3 is 1. The minimum Gasteiger partial charge on any atom is -0.497 e. The van der Waals surface area contributed by atoms with Gasteiger partial charge < -0.3 is 14.0 Å². The minimum atomic E-state index is -0.259. The third-order valence-electron chi connectivity index (χ3n) is 4.87. The fraction of sp³-hybridized carbons (Fsp3) is 0.304. The summed E-state index contributed by atoms with van der Waals surface area (Å²) in [6, 6.07) is 15.2. The minimum absolute atomic E-state index is 0.00927. The van der Waals surface area contributed by atoms with E-state index >= 15 is 0 Å². The average molecular weight is 379 g/mol. The number of carbonyl (C=O) groups is 2. The van der Waals surface area contributed by atoms with Crippen LogP contribution in [0.15, 0.2) is 48.5 Å². The van der Waals surface area contributed by atoms with Gasteiger partial charge in [-0.3, -0.25) is 9.59 Å². The Morgan fingerprint density at radius 2 is 1.79 bits per heavy atom. The number of unbranched alkanes of at least 4 members (excludes halogenated alkanes) is 1. The SMILES string of the molecule is COc1ccc2c(c1)c(C(=O)c1ccccc1)c(C)n2CCCCOC(C)=O. The quantitative estimate of drug-likeness (QED) is 0.328. The monoisotopic (exact) mass is 379 g/mol. The molecule has 0 spiro atoms. The number of carbonyl (C=O) groups excluding carboxylic acids is 2. The summed E-state index contributed by atoms with van der Waals surface area (Å²) in [5, 5.41) is 0.894. The first-order valence-electron chi connectivity index (χ1n) is 9.43. The Morgan fingerprint density at radius 3 is 2.46 bits per heavy atom. The number of ether oxygens (including phenoxy) is 2.